The van der Waals surface area contributed by atoms with Crippen molar-refractivity contribution < 1.29 is 0 Å². The van der Waals surface area contributed by atoms with Gasteiger partial charge in [0.25, 0.3) is 0 Å². The smallest absolute Gasteiger partial charge is 0.164 e. The van der Waals surface area contributed by atoms with Crippen LogP contribution < -0.4 is 0 Å². The van der Waals surface area contributed by atoms with E-state index in [1.54, 1.807) is 0 Å². The van der Waals surface area contributed by atoms with Crippen molar-refractivity contribution in [3.8, 4) is 45.3 Å². The molecule has 228 valence electrons. The molecule has 4 heteroatoms. The molecule has 10 aromatic rings. The maximum atomic E-state index is 5.07. The first kappa shape index (κ1) is 27.8. The molecule has 0 atom stereocenters. The molecule has 0 saturated carbocycles. The molecule has 0 aliphatic carbocycles. The fourth-order valence-electron chi connectivity index (χ4n) is 7.22. The van der Waals surface area contributed by atoms with Crippen LogP contribution >= 0.6 is 11.3 Å². The van der Waals surface area contributed by atoms with Crippen LogP contribution in [0.3, 0.4) is 0 Å². The number of hydrogen-bond donors (Lipinski definition) is 0. The largest absolute Gasteiger partial charge is 0.208 e. The van der Waals surface area contributed by atoms with Gasteiger partial charge in [-0.3, -0.25) is 0 Å². The number of hydrogen-bond acceptors (Lipinski definition) is 4. The summed E-state index contributed by atoms with van der Waals surface area (Å²) >= 11 is 1.85. The maximum absolute atomic E-state index is 5.07. The molecule has 3 nitrogen and oxygen atoms in total. The quantitative estimate of drug-likeness (QED) is 0.180. The average Bonchev–Trinajstić information content (AvgIpc) is 3.56. The van der Waals surface area contributed by atoms with E-state index in [0.717, 1.165) is 16.7 Å². The summed E-state index contributed by atoms with van der Waals surface area (Å²) in [5, 5.41) is 9.95. The van der Waals surface area contributed by atoms with Crippen LogP contribution in [0.15, 0.2) is 164 Å². The van der Waals surface area contributed by atoms with Crippen LogP contribution in [0.25, 0.3) is 97.8 Å². The summed E-state index contributed by atoms with van der Waals surface area (Å²) in [5.41, 5.74) is 5.29. The predicted octanol–water partition coefficient (Wildman–Crippen LogP) is 12.4. The third-order valence-corrected chi connectivity index (χ3v) is 10.7. The first-order chi connectivity index (χ1) is 24.3. The van der Waals surface area contributed by atoms with E-state index in [1.165, 1.54) is 63.6 Å². The number of thiophene rings is 1. The molecule has 10 rings (SSSR count). The van der Waals surface area contributed by atoms with E-state index >= 15 is 0 Å². The highest BCUT2D eigenvalue weighted by atomic mass is 32.1. The van der Waals surface area contributed by atoms with E-state index < -0.39 is 0 Å². The van der Waals surface area contributed by atoms with Crippen LogP contribution in [-0.2, 0) is 0 Å². The molecule has 0 unspecified atom stereocenters. The first-order valence-corrected chi connectivity index (χ1v) is 17.3. The van der Waals surface area contributed by atoms with Gasteiger partial charge in [-0.2, -0.15) is 0 Å². The van der Waals surface area contributed by atoms with Gasteiger partial charge in [-0.05, 0) is 67.7 Å². The van der Waals surface area contributed by atoms with Crippen molar-refractivity contribution >= 4 is 63.8 Å². The Morgan fingerprint density at radius 1 is 0.306 bits per heavy atom. The van der Waals surface area contributed by atoms with Gasteiger partial charge in [0, 0.05) is 36.9 Å². The Hall–Kier alpha value is -6.23. The lowest BCUT2D eigenvalue weighted by Gasteiger charge is -2.16. The van der Waals surface area contributed by atoms with Crippen LogP contribution in [0.2, 0.25) is 0 Å². The summed E-state index contributed by atoms with van der Waals surface area (Å²) in [7, 11) is 0. The topological polar surface area (TPSA) is 38.7 Å². The molecular weight excluding hydrogens is 615 g/mol. The molecule has 0 aliphatic heterocycles. The third kappa shape index (κ3) is 4.61. The maximum Gasteiger partial charge on any atom is 0.164 e. The molecule has 0 spiro atoms. The van der Waals surface area contributed by atoms with Gasteiger partial charge in [0.2, 0.25) is 0 Å². The average molecular weight is 642 g/mol. The number of benzene rings is 8. The molecule has 0 aliphatic rings. The van der Waals surface area contributed by atoms with Crippen LogP contribution in [0.4, 0.5) is 0 Å². The van der Waals surface area contributed by atoms with Crippen LogP contribution in [0, 0.1) is 0 Å². The molecule has 49 heavy (non-hydrogen) atoms. The molecule has 2 heterocycles. The standard InChI is InChI=1S/C45H27N3S/c1-3-12-28(13-4-1)43-46-44(29-14-5-2-6-15-29)48-45(47-43)31-22-24-35-33-16-7-8-17-34(33)37-20-11-19-32(42(37)39(35)27-31)30-23-25-41-38(26-30)36-18-9-10-21-40(36)49-41/h1-27H. The van der Waals surface area contributed by atoms with Gasteiger partial charge in [-0.1, -0.05) is 140 Å². The van der Waals surface area contributed by atoms with E-state index in [1.807, 2.05) is 72.0 Å². The van der Waals surface area contributed by atoms with Crippen LogP contribution in [0.1, 0.15) is 0 Å². The zero-order valence-electron chi connectivity index (χ0n) is 26.3. The van der Waals surface area contributed by atoms with E-state index in [2.05, 4.69) is 103 Å². The second kappa shape index (κ2) is 11.2. The Labute approximate surface area is 286 Å². The minimum Gasteiger partial charge on any atom is -0.208 e. The van der Waals surface area contributed by atoms with E-state index in [-0.39, 0.29) is 0 Å². The van der Waals surface area contributed by atoms with E-state index in [4.69, 9.17) is 15.0 Å². The number of fused-ring (bicyclic) bond motifs is 9. The highest BCUT2D eigenvalue weighted by Crippen LogP contribution is 2.43. The summed E-state index contributed by atoms with van der Waals surface area (Å²) in [6, 6.07) is 58.1. The van der Waals surface area contributed by atoms with Gasteiger partial charge >= 0.3 is 0 Å². The predicted molar refractivity (Wildman–Crippen MR) is 207 cm³/mol. The minimum absolute atomic E-state index is 0.652. The second-order valence-electron chi connectivity index (χ2n) is 12.4. The van der Waals surface area contributed by atoms with Crippen molar-refractivity contribution in [2.75, 3.05) is 0 Å². The molecule has 0 saturated heterocycles. The van der Waals surface area contributed by atoms with Gasteiger partial charge in [0.05, 0.1) is 0 Å². The number of nitrogens with zero attached hydrogens (tertiary/aromatic N) is 3. The lowest BCUT2D eigenvalue weighted by molar-refractivity contribution is 1.07. The Morgan fingerprint density at radius 2 is 0.816 bits per heavy atom. The van der Waals surface area contributed by atoms with Crippen LogP contribution in [-0.4, -0.2) is 15.0 Å². The van der Waals surface area contributed by atoms with Crippen molar-refractivity contribution in [2.45, 2.75) is 0 Å². The van der Waals surface area contributed by atoms with Crippen LogP contribution in [0.5, 0.6) is 0 Å². The van der Waals surface area contributed by atoms with Crippen molar-refractivity contribution in [2.24, 2.45) is 0 Å². The Balaban J connectivity index is 1.26. The molecule has 0 radical (unpaired) electrons. The number of rotatable bonds is 4. The molecule has 0 bridgehead atoms. The van der Waals surface area contributed by atoms with Gasteiger partial charge in [-0.25, -0.2) is 15.0 Å². The second-order valence-corrected chi connectivity index (χ2v) is 13.5. The van der Waals surface area contributed by atoms with Gasteiger partial charge in [0.15, 0.2) is 17.5 Å². The zero-order chi connectivity index (χ0) is 32.3. The summed E-state index contributed by atoms with van der Waals surface area (Å²) < 4.78 is 2.62. The molecule has 0 N–H and O–H groups in total. The molecule has 8 aromatic carbocycles. The molecule has 0 fully saturated rings. The normalized spacial score (nSPS) is 11.7. The summed E-state index contributed by atoms with van der Waals surface area (Å²) in [5.74, 6) is 1.97. The fourth-order valence-corrected chi connectivity index (χ4v) is 8.30. The van der Waals surface area contributed by atoms with Crippen molar-refractivity contribution in [1.82, 2.24) is 15.0 Å². The lowest BCUT2D eigenvalue weighted by Crippen LogP contribution is -2.00. The lowest BCUT2D eigenvalue weighted by atomic mass is 9.88. The van der Waals surface area contributed by atoms with Gasteiger partial charge < -0.3 is 0 Å². The van der Waals surface area contributed by atoms with Gasteiger partial charge in [0.1, 0.15) is 0 Å². The Morgan fingerprint density at radius 3 is 1.53 bits per heavy atom. The highest BCUT2D eigenvalue weighted by Gasteiger charge is 2.17. The van der Waals surface area contributed by atoms with Crippen molar-refractivity contribution in [1.29, 1.82) is 0 Å². The molecule has 2 aromatic heterocycles. The highest BCUT2D eigenvalue weighted by molar-refractivity contribution is 7.25. The van der Waals surface area contributed by atoms with E-state index in [0.29, 0.717) is 17.5 Å². The van der Waals surface area contributed by atoms with E-state index in [9.17, 15) is 0 Å². The Kier molecular flexibility index (Phi) is 6.36. The molecule has 0 amide bonds. The van der Waals surface area contributed by atoms with Crippen molar-refractivity contribution in [3.05, 3.63) is 164 Å². The fraction of sp³-hybridized carbons (Fsp3) is 0. The first-order valence-electron chi connectivity index (χ1n) is 16.4. The monoisotopic (exact) mass is 641 g/mol. The number of aromatic nitrogens is 3. The summed E-state index contributed by atoms with van der Waals surface area (Å²) in [6.45, 7) is 0. The zero-order valence-corrected chi connectivity index (χ0v) is 27.2. The summed E-state index contributed by atoms with van der Waals surface area (Å²) in [4.78, 5) is 15.1. The SMILES string of the molecule is c1ccc(-c2nc(-c3ccccc3)nc(-c3ccc4c5ccccc5c5cccc(-c6ccc7sc8ccccc8c7c6)c5c4c3)n2)cc1. The Bertz CT molecular complexity index is 2820. The minimum atomic E-state index is 0.652. The third-order valence-electron chi connectivity index (χ3n) is 9.51. The summed E-state index contributed by atoms with van der Waals surface area (Å²) in [6.07, 6.45) is 0. The molecular formula is C45H27N3S. The van der Waals surface area contributed by atoms with Gasteiger partial charge in [-0.15, -0.1) is 11.3 Å². The van der Waals surface area contributed by atoms with Crippen molar-refractivity contribution in [3.63, 3.8) is 0 Å².